The van der Waals surface area contributed by atoms with Crippen molar-refractivity contribution in [1.82, 2.24) is 0 Å². The van der Waals surface area contributed by atoms with Gasteiger partial charge in [-0.2, -0.15) is 0 Å². The van der Waals surface area contributed by atoms with Gasteiger partial charge in [-0.05, 0) is 26.3 Å². The van der Waals surface area contributed by atoms with Crippen LogP contribution in [0.3, 0.4) is 0 Å². The van der Waals surface area contributed by atoms with E-state index in [-0.39, 0.29) is 5.54 Å². The topological polar surface area (TPSA) is 16.7 Å². The maximum Gasteiger partial charge on any atom is 0.187 e. The van der Waals surface area contributed by atoms with Gasteiger partial charge in [-0.3, -0.25) is 4.99 Å². The van der Waals surface area contributed by atoms with Crippen LogP contribution in [0.2, 0.25) is 0 Å². The number of rotatable bonds is 1. The quantitative estimate of drug-likeness (QED) is 0.472. The van der Waals surface area contributed by atoms with Crippen LogP contribution in [-0.4, -0.2) is 11.8 Å². The summed E-state index contributed by atoms with van der Waals surface area (Å²) >= 11 is 0. The molecule has 0 saturated heterocycles. The number of hydrogen-bond donors (Lipinski definition) is 0. The van der Waals surface area contributed by atoms with Crippen LogP contribution in [0.4, 0.5) is 5.69 Å². The lowest BCUT2D eigenvalue weighted by Gasteiger charge is -2.10. The highest BCUT2D eigenvalue weighted by molar-refractivity contribution is 5.80. The molecule has 0 radical (unpaired) electrons. The molecule has 0 heterocycles. The largest absolute Gasteiger partial charge is 0.287 e. The van der Waals surface area contributed by atoms with Crippen LogP contribution in [0, 0.1) is 6.57 Å². The van der Waals surface area contributed by atoms with E-state index in [1.54, 1.807) is 12.1 Å². The summed E-state index contributed by atoms with van der Waals surface area (Å²) in [5.74, 6) is 0. The maximum absolute atomic E-state index is 6.81. The zero-order chi connectivity index (χ0) is 10.6. The lowest BCUT2D eigenvalue weighted by atomic mass is 10.1. The molecule has 0 aromatic heterocycles. The van der Waals surface area contributed by atoms with E-state index in [2.05, 4.69) is 30.6 Å². The van der Waals surface area contributed by atoms with E-state index >= 15 is 0 Å². The van der Waals surface area contributed by atoms with E-state index in [9.17, 15) is 0 Å². The standard InChI is InChI=1S/C12H14N2/c1-12(2,3)14-9-10-5-7-11(13-4)8-6-10/h5-9H,1-3H3. The highest BCUT2D eigenvalue weighted by Crippen LogP contribution is 2.12. The van der Waals surface area contributed by atoms with Crippen molar-refractivity contribution in [2.45, 2.75) is 26.3 Å². The second-order valence-electron chi connectivity index (χ2n) is 4.13. The SMILES string of the molecule is [C-]#[N+]c1ccc(C=NC(C)(C)C)cc1. The first-order valence-corrected chi connectivity index (χ1v) is 4.54. The molecule has 14 heavy (non-hydrogen) atoms. The Kier molecular flexibility index (Phi) is 3.03. The molecule has 0 aliphatic rings. The van der Waals surface area contributed by atoms with Gasteiger partial charge in [0.1, 0.15) is 0 Å². The van der Waals surface area contributed by atoms with Crippen LogP contribution in [0.1, 0.15) is 26.3 Å². The first-order chi connectivity index (χ1) is 6.51. The lowest BCUT2D eigenvalue weighted by Crippen LogP contribution is -2.09. The van der Waals surface area contributed by atoms with Crippen molar-refractivity contribution in [3.8, 4) is 0 Å². The van der Waals surface area contributed by atoms with E-state index in [4.69, 9.17) is 6.57 Å². The highest BCUT2D eigenvalue weighted by atomic mass is 14.8. The summed E-state index contributed by atoms with van der Waals surface area (Å²) in [6, 6.07) is 7.42. The summed E-state index contributed by atoms with van der Waals surface area (Å²) in [5, 5.41) is 0. The van der Waals surface area contributed by atoms with Crippen molar-refractivity contribution < 1.29 is 0 Å². The third-order valence-electron chi connectivity index (χ3n) is 1.62. The molecule has 1 aromatic rings. The summed E-state index contributed by atoms with van der Waals surface area (Å²) < 4.78 is 0. The molecule has 0 amide bonds. The van der Waals surface area contributed by atoms with Gasteiger partial charge in [0.25, 0.3) is 0 Å². The van der Waals surface area contributed by atoms with E-state index in [1.807, 2.05) is 18.3 Å². The first-order valence-electron chi connectivity index (χ1n) is 4.54. The molecular formula is C12H14N2. The van der Waals surface area contributed by atoms with E-state index in [0.717, 1.165) is 5.56 Å². The van der Waals surface area contributed by atoms with E-state index in [0.29, 0.717) is 5.69 Å². The van der Waals surface area contributed by atoms with E-state index in [1.165, 1.54) is 0 Å². The van der Waals surface area contributed by atoms with E-state index < -0.39 is 0 Å². The van der Waals surface area contributed by atoms with Crippen LogP contribution in [0.15, 0.2) is 29.3 Å². The Morgan fingerprint density at radius 1 is 1.21 bits per heavy atom. The highest BCUT2D eigenvalue weighted by Gasteiger charge is 2.04. The van der Waals surface area contributed by atoms with Crippen molar-refractivity contribution in [3.05, 3.63) is 41.2 Å². The van der Waals surface area contributed by atoms with Crippen molar-refractivity contribution in [2.24, 2.45) is 4.99 Å². The Morgan fingerprint density at radius 3 is 2.21 bits per heavy atom. The summed E-state index contributed by atoms with van der Waals surface area (Å²) in [6.45, 7) is 13.0. The third kappa shape index (κ3) is 3.40. The van der Waals surface area contributed by atoms with Gasteiger partial charge in [0.15, 0.2) is 5.69 Å². The predicted octanol–water partition coefficient (Wildman–Crippen LogP) is 3.45. The molecule has 0 bridgehead atoms. The minimum atomic E-state index is -0.0432. The van der Waals surface area contributed by atoms with Crippen LogP contribution in [0.5, 0.6) is 0 Å². The Hall–Kier alpha value is -1.62. The fourth-order valence-corrected chi connectivity index (χ4v) is 0.903. The van der Waals surface area contributed by atoms with Gasteiger partial charge in [0.2, 0.25) is 0 Å². The number of benzene rings is 1. The molecular weight excluding hydrogens is 172 g/mol. The molecule has 1 aromatic carbocycles. The molecule has 0 aliphatic heterocycles. The number of aliphatic imine (C=N–C) groups is 1. The summed E-state index contributed by atoms with van der Waals surface area (Å²) in [6.07, 6.45) is 1.84. The molecule has 0 spiro atoms. The molecule has 1 rings (SSSR count). The van der Waals surface area contributed by atoms with Gasteiger partial charge >= 0.3 is 0 Å². The van der Waals surface area contributed by atoms with Crippen LogP contribution in [-0.2, 0) is 0 Å². The van der Waals surface area contributed by atoms with Crippen LogP contribution < -0.4 is 0 Å². The molecule has 2 nitrogen and oxygen atoms in total. The summed E-state index contributed by atoms with van der Waals surface area (Å²) in [4.78, 5) is 7.71. The average molecular weight is 186 g/mol. The molecule has 0 N–H and O–H groups in total. The van der Waals surface area contributed by atoms with Crippen molar-refractivity contribution in [3.63, 3.8) is 0 Å². The normalized spacial score (nSPS) is 11.6. The maximum atomic E-state index is 6.81. The van der Waals surface area contributed by atoms with Crippen molar-refractivity contribution in [2.75, 3.05) is 0 Å². The smallest absolute Gasteiger partial charge is 0.187 e. The Balaban J connectivity index is 2.80. The second kappa shape index (κ2) is 4.06. The molecule has 0 fully saturated rings. The average Bonchev–Trinajstić information content (AvgIpc) is 2.14. The van der Waals surface area contributed by atoms with Gasteiger partial charge in [-0.15, -0.1) is 0 Å². The molecule has 0 aliphatic carbocycles. The number of hydrogen-bond acceptors (Lipinski definition) is 1. The summed E-state index contributed by atoms with van der Waals surface area (Å²) in [5.41, 5.74) is 1.66. The Morgan fingerprint density at radius 2 is 1.79 bits per heavy atom. The molecule has 0 atom stereocenters. The molecule has 0 unspecified atom stereocenters. The zero-order valence-electron chi connectivity index (χ0n) is 8.78. The predicted molar refractivity (Wildman–Crippen MR) is 60.1 cm³/mol. The second-order valence-corrected chi connectivity index (χ2v) is 4.13. The van der Waals surface area contributed by atoms with Crippen LogP contribution in [0.25, 0.3) is 4.85 Å². The van der Waals surface area contributed by atoms with Gasteiger partial charge in [0.05, 0.1) is 12.1 Å². The van der Waals surface area contributed by atoms with Crippen molar-refractivity contribution >= 4 is 11.9 Å². The Labute approximate surface area is 85.1 Å². The van der Waals surface area contributed by atoms with Gasteiger partial charge in [0, 0.05) is 6.21 Å². The Bertz CT molecular complexity index is 361. The molecule has 2 heteroatoms. The first kappa shape index (κ1) is 10.5. The molecule has 72 valence electrons. The van der Waals surface area contributed by atoms with Gasteiger partial charge in [-0.1, -0.05) is 24.3 Å². The van der Waals surface area contributed by atoms with Crippen molar-refractivity contribution in [1.29, 1.82) is 0 Å². The minimum absolute atomic E-state index is 0.0432. The molecule has 0 saturated carbocycles. The zero-order valence-corrected chi connectivity index (χ0v) is 8.78. The third-order valence-corrected chi connectivity index (χ3v) is 1.62. The summed E-state index contributed by atoms with van der Waals surface area (Å²) in [7, 11) is 0. The minimum Gasteiger partial charge on any atom is -0.287 e. The monoisotopic (exact) mass is 186 g/mol. The van der Waals surface area contributed by atoms with Crippen LogP contribution >= 0.6 is 0 Å². The fraction of sp³-hybridized carbons (Fsp3) is 0.333. The fourth-order valence-electron chi connectivity index (χ4n) is 0.903. The lowest BCUT2D eigenvalue weighted by molar-refractivity contribution is 0.586. The number of nitrogens with zero attached hydrogens (tertiary/aromatic N) is 2. The van der Waals surface area contributed by atoms with Gasteiger partial charge < -0.3 is 0 Å². The van der Waals surface area contributed by atoms with Gasteiger partial charge in [-0.25, -0.2) is 4.85 Å².